The van der Waals surface area contributed by atoms with Crippen LogP contribution in [0.1, 0.15) is 44.5 Å². The molecule has 22 heavy (non-hydrogen) atoms. The van der Waals surface area contributed by atoms with Gasteiger partial charge in [-0.3, -0.25) is 0 Å². The molecule has 0 aromatic carbocycles. The number of H-pyrrole nitrogens is 1. The van der Waals surface area contributed by atoms with Crippen LogP contribution in [0.15, 0.2) is 41.3 Å². The van der Waals surface area contributed by atoms with E-state index in [1.807, 2.05) is 13.0 Å². The zero-order valence-electron chi connectivity index (χ0n) is 14.2. The summed E-state index contributed by atoms with van der Waals surface area (Å²) in [4.78, 5) is 4.38. The van der Waals surface area contributed by atoms with Crippen LogP contribution in [0.25, 0.3) is 11.6 Å². The summed E-state index contributed by atoms with van der Waals surface area (Å²) in [5.74, 6) is 6.82. The summed E-state index contributed by atoms with van der Waals surface area (Å²) in [5, 5.41) is 2.16. The molecular weight excluding hydrogens is 286 g/mol. The van der Waals surface area contributed by atoms with Crippen LogP contribution >= 0.6 is 11.8 Å². The van der Waals surface area contributed by atoms with Crippen molar-refractivity contribution in [1.29, 1.82) is 0 Å². The van der Waals surface area contributed by atoms with Crippen molar-refractivity contribution in [2.75, 3.05) is 0 Å². The molecule has 0 radical (unpaired) electrons. The molecule has 1 rings (SSSR count). The molecule has 1 nitrogen and oxygen atoms in total. The lowest BCUT2D eigenvalue weighted by Gasteiger charge is -2.02. The van der Waals surface area contributed by atoms with Crippen molar-refractivity contribution in [3.8, 4) is 11.8 Å². The Hall–Kier alpha value is -1.85. The molecule has 0 saturated heterocycles. The lowest BCUT2D eigenvalue weighted by atomic mass is 10.1. The summed E-state index contributed by atoms with van der Waals surface area (Å²) < 4.78 is 0. The van der Waals surface area contributed by atoms with Gasteiger partial charge in [-0.25, -0.2) is 0 Å². The third-order valence-corrected chi connectivity index (χ3v) is 4.12. The van der Waals surface area contributed by atoms with Crippen LogP contribution in [0.3, 0.4) is 0 Å². The Balaban J connectivity index is 2.97. The molecule has 0 bridgehead atoms. The molecule has 0 amide bonds. The number of rotatable bonds is 5. The first-order valence-corrected chi connectivity index (χ1v) is 8.36. The molecule has 1 aromatic heterocycles. The number of aromatic amines is 1. The predicted octanol–water partition coefficient (Wildman–Crippen LogP) is 6.18. The molecule has 1 heterocycles. The molecule has 2 heteroatoms. The summed E-state index contributed by atoms with van der Waals surface area (Å²) in [7, 11) is 0. The third-order valence-electron chi connectivity index (χ3n) is 3.06. The lowest BCUT2D eigenvalue weighted by Crippen LogP contribution is -1.82. The topological polar surface area (TPSA) is 15.8 Å². The van der Waals surface area contributed by atoms with Crippen LogP contribution in [0, 0.1) is 24.7 Å². The monoisotopic (exact) mass is 311 g/mol. The number of allylic oxidation sites excluding steroid dienone is 5. The first kappa shape index (κ1) is 18.2. The fourth-order valence-corrected chi connectivity index (χ4v) is 2.53. The van der Waals surface area contributed by atoms with Crippen LogP contribution in [0.4, 0.5) is 0 Å². The van der Waals surface area contributed by atoms with E-state index >= 15 is 0 Å². The van der Waals surface area contributed by atoms with E-state index < -0.39 is 0 Å². The van der Waals surface area contributed by atoms with Gasteiger partial charge in [0.25, 0.3) is 0 Å². The van der Waals surface area contributed by atoms with Gasteiger partial charge in [0.15, 0.2) is 0 Å². The molecule has 1 N–H and O–H groups in total. The maximum atomic E-state index is 3.73. The van der Waals surface area contributed by atoms with Gasteiger partial charge < -0.3 is 4.98 Å². The molecule has 0 saturated carbocycles. The maximum Gasteiger partial charge on any atom is 0.0572 e. The second-order valence-corrected chi connectivity index (χ2v) is 6.24. The highest BCUT2D eigenvalue weighted by molar-refractivity contribution is 8.06. The zero-order valence-corrected chi connectivity index (χ0v) is 15.0. The molecule has 0 aliphatic heterocycles. The number of aromatic nitrogens is 1. The van der Waals surface area contributed by atoms with Gasteiger partial charge in [0.05, 0.1) is 4.91 Å². The normalized spacial score (nSPS) is 12.6. The second-order valence-electron chi connectivity index (χ2n) is 5.33. The van der Waals surface area contributed by atoms with Crippen LogP contribution in [0.2, 0.25) is 0 Å². The molecule has 0 spiro atoms. The summed E-state index contributed by atoms with van der Waals surface area (Å²) in [5.41, 5.74) is 4.82. The van der Waals surface area contributed by atoms with Crippen molar-refractivity contribution in [3.63, 3.8) is 0 Å². The van der Waals surface area contributed by atoms with Gasteiger partial charge in [-0.1, -0.05) is 68.3 Å². The summed E-state index contributed by atoms with van der Waals surface area (Å²) >= 11 is 1.68. The van der Waals surface area contributed by atoms with Gasteiger partial charge in [0.2, 0.25) is 0 Å². The zero-order chi connectivity index (χ0) is 16.5. The summed E-state index contributed by atoms with van der Waals surface area (Å²) in [6.45, 7) is 14.2. The fourth-order valence-electron chi connectivity index (χ4n) is 1.84. The molecule has 0 unspecified atom stereocenters. The van der Waals surface area contributed by atoms with Crippen molar-refractivity contribution < 1.29 is 0 Å². The average molecular weight is 311 g/mol. The first-order valence-electron chi connectivity index (χ1n) is 7.48. The number of hydrogen-bond donors (Lipinski definition) is 1. The van der Waals surface area contributed by atoms with Crippen molar-refractivity contribution in [3.05, 3.63) is 58.1 Å². The Kier molecular flexibility index (Phi) is 7.63. The quantitative estimate of drug-likeness (QED) is 0.507. The molecular formula is C20H25NS. The highest BCUT2D eigenvalue weighted by atomic mass is 32.2. The molecule has 116 valence electrons. The molecule has 0 aliphatic carbocycles. The van der Waals surface area contributed by atoms with Crippen molar-refractivity contribution in [2.45, 2.75) is 34.6 Å². The van der Waals surface area contributed by atoms with Gasteiger partial charge in [-0.05, 0) is 31.8 Å². The Labute approximate surface area is 139 Å². The van der Waals surface area contributed by atoms with E-state index in [1.165, 1.54) is 16.7 Å². The van der Waals surface area contributed by atoms with E-state index in [4.69, 9.17) is 0 Å². The first-order chi connectivity index (χ1) is 10.5. The van der Waals surface area contributed by atoms with Crippen LogP contribution in [0.5, 0.6) is 0 Å². The standard InChI is InChI=1S/C20H25NS/c1-7-9-10-19-17(6)21-13-20(19)16(5)14-22-18(8-2)12-11-15(3)4/h7-10,13-15,21H,1H2,2-6H3/b10-9-,16-14+,18-8-. The Morgan fingerprint density at radius 1 is 1.41 bits per heavy atom. The van der Waals surface area contributed by atoms with Crippen LogP contribution < -0.4 is 0 Å². The number of thioether (sulfide) groups is 1. The molecule has 1 aromatic rings. The molecule has 0 fully saturated rings. The van der Waals surface area contributed by atoms with E-state index in [2.05, 4.69) is 74.9 Å². The molecule has 0 atom stereocenters. The highest BCUT2D eigenvalue weighted by Crippen LogP contribution is 2.27. The van der Waals surface area contributed by atoms with Crippen LogP contribution in [-0.4, -0.2) is 4.98 Å². The number of hydrogen-bond acceptors (Lipinski definition) is 1. The van der Waals surface area contributed by atoms with Crippen molar-refractivity contribution >= 4 is 23.4 Å². The largest absolute Gasteiger partial charge is 0.364 e. The Morgan fingerprint density at radius 3 is 2.73 bits per heavy atom. The van der Waals surface area contributed by atoms with E-state index in [9.17, 15) is 0 Å². The van der Waals surface area contributed by atoms with Crippen LogP contribution in [-0.2, 0) is 0 Å². The number of nitrogens with one attached hydrogen (secondary N) is 1. The van der Waals surface area contributed by atoms with Gasteiger partial charge in [0, 0.05) is 28.9 Å². The molecule has 0 aliphatic rings. The van der Waals surface area contributed by atoms with Crippen molar-refractivity contribution in [2.24, 2.45) is 5.92 Å². The predicted molar refractivity (Wildman–Crippen MR) is 102 cm³/mol. The lowest BCUT2D eigenvalue weighted by molar-refractivity contribution is 0.867. The van der Waals surface area contributed by atoms with E-state index in [-0.39, 0.29) is 0 Å². The second kappa shape index (κ2) is 9.23. The fraction of sp³-hybridized carbons (Fsp3) is 0.300. The maximum absolute atomic E-state index is 3.73. The highest BCUT2D eigenvalue weighted by Gasteiger charge is 2.07. The summed E-state index contributed by atoms with van der Waals surface area (Å²) in [6.07, 6.45) is 9.96. The van der Waals surface area contributed by atoms with E-state index in [0.717, 1.165) is 10.6 Å². The Morgan fingerprint density at radius 2 is 2.14 bits per heavy atom. The van der Waals surface area contributed by atoms with Gasteiger partial charge >= 0.3 is 0 Å². The minimum Gasteiger partial charge on any atom is -0.364 e. The van der Waals surface area contributed by atoms with Crippen molar-refractivity contribution in [1.82, 2.24) is 4.98 Å². The smallest absolute Gasteiger partial charge is 0.0572 e. The van der Waals surface area contributed by atoms with E-state index in [1.54, 1.807) is 17.8 Å². The Bertz CT molecular complexity index is 658. The number of aryl methyl sites for hydroxylation is 1. The average Bonchev–Trinajstić information content (AvgIpc) is 2.85. The van der Waals surface area contributed by atoms with E-state index in [0.29, 0.717) is 5.92 Å². The summed E-state index contributed by atoms with van der Waals surface area (Å²) in [6, 6.07) is 0. The van der Waals surface area contributed by atoms with Gasteiger partial charge in [-0.2, -0.15) is 0 Å². The minimum atomic E-state index is 0.392. The SMILES string of the molecule is C=C/C=C\c1c(/C(C)=C/S/C(C#CC(C)C)=C\C)c[nH]c1C. The third kappa shape index (κ3) is 5.50. The van der Waals surface area contributed by atoms with Gasteiger partial charge in [-0.15, -0.1) is 0 Å². The van der Waals surface area contributed by atoms with Gasteiger partial charge in [0.1, 0.15) is 0 Å². The minimum absolute atomic E-state index is 0.392.